The number of carbonyl (C=O) groups excluding carboxylic acids is 1. The number of aromatic nitrogens is 1. The molecule has 142 valence electrons. The van der Waals surface area contributed by atoms with Crippen LogP contribution < -0.4 is 5.43 Å². The number of fused-ring (bicyclic) bond motifs is 1. The molecule has 0 bridgehead atoms. The van der Waals surface area contributed by atoms with Crippen molar-refractivity contribution in [2.24, 2.45) is 5.10 Å². The van der Waals surface area contributed by atoms with Gasteiger partial charge in [0, 0.05) is 21.0 Å². The van der Waals surface area contributed by atoms with Crippen LogP contribution in [0.2, 0.25) is 0 Å². The lowest BCUT2D eigenvalue weighted by atomic mass is 10.0. The minimum Gasteiger partial charge on any atom is -0.507 e. The van der Waals surface area contributed by atoms with Crippen molar-refractivity contribution in [2.75, 3.05) is 0 Å². The third kappa shape index (κ3) is 4.17. The Morgan fingerprint density at radius 3 is 2.59 bits per heavy atom. The van der Waals surface area contributed by atoms with Gasteiger partial charge in [0.1, 0.15) is 5.75 Å². The molecule has 4 rings (SSSR count). The van der Waals surface area contributed by atoms with Crippen molar-refractivity contribution in [1.82, 2.24) is 10.4 Å². The van der Waals surface area contributed by atoms with Crippen LogP contribution in [0.5, 0.6) is 5.75 Å². The maximum absolute atomic E-state index is 12.9. The fraction of sp³-hybridized carbons (Fsp3) is 0. The predicted octanol–water partition coefficient (Wildman–Crippen LogP) is 5.13. The van der Waals surface area contributed by atoms with Gasteiger partial charge in [-0.2, -0.15) is 5.10 Å². The van der Waals surface area contributed by atoms with E-state index in [0.717, 1.165) is 20.9 Å². The van der Waals surface area contributed by atoms with Crippen LogP contribution in [0.3, 0.4) is 0 Å². The summed E-state index contributed by atoms with van der Waals surface area (Å²) in [6.45, 7) is 0. The van der Waals surface area contributed by atoms with E-state index in [9.17, 15) is 9.90 Å². The molecule has 0 spiro atoms. The van der Waals surface area contributed by atoms with E-state index in [-0.39, 0.29) is 11.7 Å². The molecule has 0 aliphatic heterocycles. The normalized spacial score (nSPS) is 11.1. The van der Waals surface area contributed by atoms with Crippen molar-refractivity contribution in [3.63, 3.8) is 0 Å². The number of phenols is 1. The number of amides is 1. The first-order valence-electron chi connectivity index (χ1n) is 8.89. The Labute approximate surface area is 175 Å². The van der Waals surface area contributed by atoms with E-state index in [0.29, 0.717) is 16.8 Å². The number of benzene rings is 3. The quantitative estimate of drug-likeness (QED) is 0.337. The predicted molar refractivity (Wildman–Crippen MR) is 118 cm³/mol. The summed E-state index contributed by atoms with van der Waals surface area (Å²) in [4.78, 5) is 17.5. The molecule has 0 saturated carbocycles. The number of carbonyl (C=O) groups is 1. The van der Waals surface area contributed by atoms with Gasteiger partial charge in [0.05, 0.1) is 23.0 Å². The smallest absolute Gasteiger partial charge is 0.272 e. The van der Waals surface area contributed by atoms with Crippen molar-refractivity contribution in [3.8, 4) is 17.0 Å². The topological polar surface area (TPSA) is 74.6 Å². The Kier molecular flexibility index (Phi) is 5.35. The van der Waals surface area contributed by atoms with Crippen LogP contribution in [0.4, 0.5) is 0 Å². The Balaban J connectivity index is 1.68. The zero-order chi connectivity index (χ0) is 20.2. The average molecular weight is 446 g/mol. The highest BCUT2D eigenvalue weighted by Crippen LogP contribution is 2.25. The number of hydrogen-bond donors (Lipinski definition) is 2. The van der Waals surface area contributed by atoms with Crippen LogP contribution >= 0.6 is 15.9 Å². The van der Waals surface area contributed by atoms with Crippen LogP contribution in [-0.2, 0) is 0 Å². The Bertz CT molecular complexity index is 1220. The standard InChI is InChI=1S/C23H16BrN3O2/c24-17-10-11-22(28)16(12-17)14-25-27-23(29)19-13-21(15-6-2-1-3-7-15)26-20-9-5-4-8-18(19)20/h1-14,28H,(H,27,29)/b25-14+. The lowest BCUT2D eigenvalue weighted by Crippen LogP contribution is -2.18. The Morgan fingerprint density at radius 1 is 1.00 bits per heavy atom. The molecular weight excluding hydrogens is 430 g/mol. The third-order valence-electron chi connectivity index (χ3n) is 4.39. The number of pyridine rings is 1. The fourth-order valence-corrected chi connectivity index (χ4v) is 3.35. The number of hydrogen-bond acceptors (Lipinski definition) is 4. The average Bonchev–Trinajstić information content (AvgIpc) is 2.76. The SMILES string of the molecule is O=C(N/N=C/c1cc(Br)ccc1O)c1cc(-c2ccccc2)nc2ccccc12. The second-order valence-corrected chi connectivity index (χ2v) is 7.26. The van der Waals surface area contributed by atoms with Gasteiger partial charge >= 0.3 is 0 Å². The van der Waals surface area contributed by atoms with Crippen LogP contribution in [0.1, 0.15) is 15.9 Å². The van der Waals surface area contributed by atoms with E-state index >= 15 is 0 Å². The Hall–Kier alpha value is -3.51. The number of hydrazone groups is 1. The maximum atomic E-state index is 12.9. The summed E-state index contributed by atoms with van der Waals surface area (Å²) in [7, 11) is 0. The van der Waals surface area contributed by atoms with E-state index in [4.69, 9.17) is 0 Å². The van der Waals surface area contributed by atoms with Crippen molar-refractivity contribution in [3.05, 3.63) is 94.5 Å². The molecule has 0 aliphatic rings. The highest BCUT2D eigenvalue weighted by atomic mass is 79.9. The summed E-state index contributed by atoms with van der Waals surface area (Å²) in [6, 6.07) is 23.9. The van der Waals surface area contributed by atoms with Crippen molar-refractivity contribution in [1.29, 1.82) is 0 Å². The lowest BCUT2D eigenvalue weighted by Gasteiger charge is -2.09. The number of halogens is 1. The minimum absolute atomic E-state index is 0.0759. The molecule has 4 aromatic rings. The van der Waals surface area contributed by atoms with Crippen molar-refractivity contribution in [2.45, 2.75) is 0 Å². The van der Waals surface area contributed by atoms with Gasteiger partial charge in [0.25, 0.3) is 5.91 Å². The van der Waals surface area contributed by atoms with Gasteiger partial charge in [-0.3, -0.25) is 4.79 Å². The van der Waals surface area contributed by atoms with Gasteiger partial charge < -0.3 is 5.11 Å². The van der Waals surface area contributed by atoms with E-state index in [2.05, 4.69) is 31.4 Å². The third-order valence-corrected chi connectivity index (χ3v) is 4.88. The molecule has 5 nitrogen and oxygen atoms in total. The fourth-order valence-electron chi connectivity index (χ4n) is 2.97. The molecule has 29 heavy (non-hydrogen) atoms. The van der Waals surface area contributed by atoms with E-state index < -0.39 is 0 Å². The molecule has 0 radical (unpaired) electrons. The first kappa shape index (κ1) is 18.8. The number of rotatable bonds is 4. The lowest BCUT2D eigenvalue weighted by molar-refractivity contribution is 0.0956. The summed E-state index contributed by atoms with van der Waals surface area (Å²) in [5.41, 5.74) is 5.87. The molecule has 0 atom stereocenters. The van der Waals surface area contributed by atoms with Crippen LogP contribution in [-0.4, -0.2) is 22.2 Å². The minimum atomic E-state index is -0.355. The molecule has 1 heterocycles. The van der Waals surface area contributed by atoms with Crippen molar-refractivity contribution >= 4 is 39.0 Å². The summed E-state index contributed by atoms with van der Waals surface area (Å²) in [5.74, 6) is -0.279. The zero-order valence-corrected chi connectivity index (χ0v) is 16.8. The molecule has 2 N–H and O–H groups in total. The summed E-state index contributed by atoms with van der Waals surface area (Å²) < 4.78 is 0.802. The van der Waals surface area contributed by atoms with Gasteiger partial charge in [0.15, 0.2) is 0 Å². The molecule has 0 saturated heterocycles. The van der Waals surface area contributed by atoms with Gasteiger partial charge in [-0.05, 0) is 30.3 Å². The van der Waals surface area contributed by atoms with E-state index in [1.165, 1.54) is 6.21 Å². The molecule has 0 unspecified atom stereocenters. The number of nitrogens with zero attached hydrogens (tertiary/aromatic N) is 2. The highest BCUT2D eigenvalue weighted by molar-refractivity contribution is 9.10. The molecular formula is C23H16BrN3O2. The molecule has 0 aliphatic carbocycles. The molecule has 1 aromatic heterocycles. The van der Waals surface area contributed by atoms with E-state index in [1.807, 2.05) is 54.6 Å². The number of phenolic OH excluding ortho intramolecular Hbond substituents is 1. The maximum Gasteiger partial charge on any atom is 0.272 e. The Morgan fingerprint density at radius 2 is 1.76 bits per heavy atom. The van der Waals surface area contributed by atoms with Crippen LogP contribution in [0.25, 0.3) is 22.2 Å². The van der Waals surface area contributed by atoms with E-state index in [1.54, 1.807) is 24.3 Å². The number of para-hydroxylation sites is 1. The summed E-state index contributed by atoms with van der Waals surface area (Å²) in [5, 5.41) is 14.6. The highest BCUT2D eigenvalue weighted by Gasteiger charge is 2.13. The van der Waals surface area contributed by atoms with Crippen LogP contribution in [0, 0.1) is 0 Å². The summed E-state index contributed by atoms with van der Waals surface area (Å²) >= 11 is 3.34. The monoisotopic (exact) mass is 445 g/mol. The largest absolute Gasteiger partial charge is 0.507 e. The summed E-state index contributed by atoms with van der Waals surface area (Å²) in [6.07, 6.45) is 1.40. The first-order valence-corrected chi connectivity index (χ1v) is 9.68. The molecule has 1 amide bonds. The number of nitrogens with one attached hydrogen (secondary N) is 1. The van der Waals surface area contributed by atoms with Gasteiger partial charge in [-0.25, -0.2) is 10.4 Å². The number of aromatic hydroxyl groups is 1. The molecule has 6 heteroatoms. The molecule has 3 aromatic carbocycles. The first-order chi connectivity index (χ1) is 14.1. The van der Waals surface area contributed by atoms with Gasteiger partial charge in [0.2, 0.25) is 0 Å². The molecule has 0 fully saturated rings. The van der Waals surface area contributed by atoms with Gasteiger partial charge in [-0.1, -0.05) is 64.5 Å². The second-order valence-electron chi connectivity index (χ2n) is 6.34. The van der Waals surface area contributed by atoms with Gasteiger partial charge in [-0.15, -0.1) is 0 Å². The zero-order valence-electron chi connectivity index (χ0n) is 15.2. The second kappa shape index (κ2) is 8.24. The van der Waals surface area contributed by atoms with Crippen molar-refractivity contribution < 1.29 is 9.90 Å². The van der Waals surface area contributed by atoms with Crippen LogP contribution in [0.15, 0.2) is 88.4 Å².